The van der Waals surface area contributed by atoms with Crippen LogP contribution in [0.5, 0.6) is 0 Å². The predicted octanol–water partition coefficient (Wildman–Crippen LogP) is 5.41. The van der Waals surface area contributed by atoms with Crippen molar-refractivity contribution in [2.75, 3.05) is 17.7 Å². The minimum absolute atomic E-state index is 0.140. The molecule has 0 radical (unpaired) electrons. The summed E-state index contributed by atoms with van der Waals surface area (Å²) >= 11 is 5.92. The van der Waals surface area contributed by atoms with Gasteiger partial charge in [-0.25, -0.2) is 4.79 Å². The summed E-state index contributed by atoms with van der Waals surface area (Å²) in [7, 11) is 1.72. The Hall–Kier alpha value is -3.25. The van der Waals surface area contributed by atoms with Crippen LogP contribution >= 0.6 is 11.6 Å². The van der Waals surface area contributed by atoms with Crippen LogP contribution in [0.15, 0.2) is 71.3 Å². The van der Waals surface area contributed by atoms with Crippen molar-refractivity contribution < 1.29 is 14.0 Å². The second-order valence-corrected chi connectivity index (χ2v) is 6.72. The number of benzene rings is 2. The topological polar surface area (TPSA) is 74.6 Å². The molecule has 2 N–H and O–H groups in total. The highest BCUT2D eigenvalue weighted by Gasteiger charge is 2.18. The maximum absolute atomic E-state index is 12.6. The Labute approximate surface area is 168 Å². The second-order valence-electron chi connectivity index (χ2n) is 6.28. The molecule has 0 bridgehead atoms. The number of amides is 3. The van der Waals surface area contributed by atoms with Gasteiger partial charge in [-0.1, -0.05) is 29.8 Å². The summed E-state index contributed by atoms with van der Waals surface area (Å²) in [6, 6.07) is 17.1. The summed E-state index contributed by atoms with van der Waals surface area (Å²) < 4.78 is 5.07. The van der Waals surface area contributed by atoms with Gasteiger partial charge < -0.3 is 20.0 Å². The number of hydrogen-bond acceptors (Lipinski definition) is 3. The molecule has 0 aliphatic carbocycles. The summed E-state index contributed by atoms with van der Waals surface area (Å²) in [5.74, 6) is -0.145. The van der Waals surface area contributed by atoms with E-state index in [9.17, 15) is 9.59 Å². The molecule has 2 aromatic carbocycles. The molecule has 3 rings (SSSR count). The number of urea groups is 1. The highest BCUT2D eigenvalue weighted by molar-refractivity contribution is 6.30. The number of carbonyl (C=O) groups excluding carboxylic acids is 2. The van der Waals surface area contributed by atoms with Crippen LogP contribution in [-0.2, 0) is 0 Å². The van der Waals surface area contributed by atoms with E-state index in [0.717, 1.165) is 5.56 Å². The van der Waals surface area contributed by atoms with Gasteiger partial charge in [-0.2, -0.15) is 0 Å². The molecule has 1 aromatic heterocycles. The number of hydrogen-bond donors (Lipinski definition) is 2. The van der Waals surface area contributed by atoms with Gasteiger partial charge in [0.25, 0.3) is 5.91 Å². The Bertz CT molecular complexity index is 955. The van der Waals surface area contributed by atoms with Crippen LogP contribution in [0.4, 0.5) is 16.2 Å². The van der Waals surface area contributed by atoms with Crippen molar-refractivity contribution in [1.29, 1.82) is 0 Å². The monoisotopic (exact) mass is 397 g/mol. The molecule has 28 heavy (non-hydrogen) atoms. The third kappa shape index (κ3) is 4.72. The first-order valence-corrected chi connectivity index (χ1v) is 9.06. The first-order chi connectivity index (χ1) is 13.4. The molecule has 0 saturated carbocycles. The minimum Gasteiger partial charge on any atom is -0.459 e. The average Bonchev–Trinajstić information content (AvgIpc) is 3.22. The third-order valence-electron chi connectivity index (χ3n) is 4.37. The van der Waals surface area contributed by atoms with Gasteiger partial charge in [0.1, 0.15) is 0 Å². The first kappa shape index (κ1) is 19.5. The summed E-state index contributed by atoms with van der Waals surface area (Å²) in [5, 5.41) is 6.22. The molecule has 0 spiro atoms. The highest BCUT2D eigenvalue weighted by Crippen LogP contribution is 2.22. The molecule has 144 valence electrons. The van der Waals surface area contributed by atoms with Crippen molar-refractivity contribution in [3.63, 3.8) is 0 Å². The average molecular weight is 398 g/mol. The number of halogens is 1. The fourth-order valence-electron chi connectivity index (χ4n) is 2.63. The lowest BCUT2D eigenvalue weighted by Crippen LogP contribution is -2.33. The van der Waals surface area contributed by atoms with Crippen LogP contribution in [-0.4, -0.2) is 23.9 Å². The van der Waals surface area contributed by atoms with Gasteiger partial charge in [0.15, 0.2) is 5.76 Å². The van der Waals surface area contributed by atoms with Crippen LogP contribution in [0.1, 0.15) is 29.1 Å². The SMILES string of the molecule is CC(c1ccc(Cl)cc1)N(C)C(=O)Nc1cccc(NC(=O)c2ccco2)c1. The molecule has 3 amide bonds. The zero-order valence-electron chi connectivity index (χ0n) is 15.5. The van der Waals surface area contributed by atoms with Gasteiger partial charge in [-0.3, -0.25) is 4.79 Å². The summed E-state index contributed by atoms with van der Waals surface area (Å²) in [6.07, 6.45) is 1.43. The molecule has 7 heteroatoms. The fraction of sp³-hybridized carbons (Fsp3) is 0.143. The number of rotatable bonds is 5. The van der Waals surface area contributed by atoms with Crippen LogP contribution in [0.2, 0.25) is 5.02 Å². The zero-order valence-corrected chi connectivity index (χ0v) is 16.2. The first-order valence-electron chi connectivity index (χ1n) is 8.68. The molecule has 0 saturated heterocycles. The van der Waals surface area contributed by atoms with Gasteiger partial charge in [0.05, 0.1) is 12.3 Å². The number of anilines is 2. The van der Waals surface area contributed by atoms with Crippen molar-refractivity contribution in [2.24, 2.45) is 0 Å². The smallest absolute Gasteiger partial charge is 0.322 e. The number of carbonyl (C=O) groups is 2. The Kier molecular flexibility index (Phi) is 6.01. The quantitative estimate of drug-likeness (QED) is 0.604. The fourth-order valence-corrected chi connectivity index (χ4v) is 2.75. The molecule has 0 aliphatic rings. The lowest BCUT2D eigenvalue weighted by molar-refractivity contribution is 0.0996. The van der Waals surface area contributed by atoms with E-state index >= 15 is 0 Å². The lowest BCUT2D eigenvalue weighted by atomic mass is 10.1. The summed E-state index contributed by atoms with van der Waals surface area (Å²) in [4.78, 5) is 26.3. The van der Waals surface area contributed by atoms with Crippen molar-refractivity contribution in [1.82, 2.24) is 4.90 Å². The van der Waals surface area contributed by atoms with E-state index in [2.05, 4.69) is 10.6 Å². The molecular formula is C21H20ClN3O3. The third-order valence-corrected chi connectivity index (χ3v) is 4.62. The van der Waals surface area contributed by atoms with Gasteiger partial charge in [-0.15, -0.1) is 0 Å². The number of furan rings is 1. The maximum Gasteiger partial charge on any atom is 0.322 e. The Morgan fingerprint density at radius 2 is 1.68 bits per heavy atom. The van der Waals surface area contributed by atoms with Crippen LogP contribution in [0.3, 0.4) is 0 Å². The van der Waals surface area contributed by atoms with E-state index in [-0.39, 0.29) is 23.7 Å². The molecule has 1 heterocycles. The lowest BCUT2D eigenvalue weighted by Gasteiger charge is -2.25. The largest absolute Gasteiger partial charge is 0.459 e. The standard InChI is InChI=1S/C21H20ClN3O3/c1-14(15-8-10-16(22)11-9-15)25(2)21(27)24-18-6-3-5-17(13-18)23-20(26)19-7-4-12-28-19/h3-14H,1-2H3,(H,23,26)(H,24,27). The summed E-state index contributed by atoms with van der Waals surface area (Å²) in [5.41, 5.74) is 2.09. The van der Waals surface area contributed by atoms with Gasteiger partial charge >= 0.3 is 6.03 Å². The van der Waals surface area contributed by atoms with Crippen LogP contribution in [0.25, 0.3) is 0 Å². The van der Waals surface area contributed by atoms with Crippen molar-refractivity contribution in [3.05, 3.63) is 83.3 Å². The van der Waals surface area contributed by atoms with E-state index in [1.54, 1.807) is 60.5 Å². The summed E-state index contributed by atoms with van der Waals surface area (Å²) in [6.45, 7) is 1.93. The number of nitrogens with one attached hydrogen (secondary N) is 2. The van der Waals surface area contributed by atoms with Crippen LogP contribution in [0, 0.1) is 0 Å². The van der Waals surface area contributed by atoms with Crippen molar-refractivity contribution >= 4 is 34.9 Å². The zero-order chi connectivity index (χ0) is 20.1. The van der Waals surface area contributed by atoms with E-state index < -0.39 is 0 Å². The highest BCUT2D eigenvalue weighted by atomic mass is 35.5. The Balaban J connectivity index is 1.65. The van der Waals surface area contributed by atoms with Gasteiger partial charge in [-0.05, 0) is 55.0 Å². The number of nitrogens with zero attached hydrogens (tertiary/aromatic N) is 1. The Morgan fingerprint density at radius 3 is 2.32 bits per heavy atom. The molecule has 1 atom stereocenters. The molecule has 6 nitrogen and oxygen atoms in total. The van der Waals surface area contributed by atoms with Gasteiger partial charge in [0, 0.05) is 23.4 Å². The maximum atomic E-state index is 12.6. The van der Waals surface area contributed by atoms with Crippen molar-refractivity contribution in [3.8, 4) is 0 Å². The van der Waals surface area contributed by atoms with E-state index in [1.807, 2.05) is 19.1 Å². The normalized spacial score (nSPS) is 11.5. The molecule has 1 unspecified atom stereocenters. The molecule has 0 aliphatic heterocycles. The minimum atomic E-state index is -0.359. The molecular weight excluding hydrogens is 378 g/mol. The molecule has 3 aromatic rings. The molecule has 0 fully saturated rings. The van der Waals surface area contributed by atoms with E-state index in [4.69, 9.17) is 16.0 Å². The van der Waals surface area contributed by atoms with E-state index in [1.165, 1.54) is 6.26 Å². The Morgan fingerprint density at radius 1 is 1.00 bits per heavy atom. The van der Waals surface area contributed by atoms with Crippen LogP contribution < -0.4 is 10.6 Å². The van der Waals surface area contributed by atoms with Gasteiger partial charge in [0.2, 0.25) is 0 Å². The van der Waals surface area contributed by atoms with E-state index in [0.29, 0.717) is 16.4 Å². The van der Waals surface area contributed by atoms with Crippen molar-refractivity contribution in [2.45, 2.75) is 13.0 Å². The predicted molar refractivity (Wildman–Crippen MR) is 110 cm³/mol. The second kappa shape index (κ2) is 8.63.